The second-order valence-corrected chi connectivity index (χ2v) is 9.81. The summed E-state index contributed by atoms with van der Waals surface area (Å²) in [4.78, 5) is 0. The lowest BCUT2D eigenvalue weighted by Crippen LogP contribution is -2.37. The van der Waals surface area contributed by atoms with E-state index in [2.05, 4.69) is 42.3 Å². The van der Waals surface area contributed by atoms with E-state index in [-0.39, 0.29) is 0 Å². The Kier molecular flexibility index (Phi) is 19.2. The molecule has 2 heteroatoms. The standard InChI is InChI=1S/C29H57N2/c1-4-7-9-10-11-12-13-14-15-16-17-18-19-20-21-22-24-26-31-28-27-30(6-3)29(31)25-23-8-5-2/h27-28H,4-26H2,1-3H3/q+1. The third-order valence-electron chi connectivity index (χ3n) is 6.94. The zero-order chi connectivity index (χ0) is 22.4. The molecule has 2 nitrogen and oxygen atoms in total. The third kappa shape index (κ3) is 14.8. The van der Waals surface area contributed by atoms with Gasteiger partial charge in [-0.3, -0.25) is 0 Å². The first-order valence-electron chi connectivity index (χ1n) is 14.4. The molecule has 182 valence electrons. The van der Waals surface area contributed by atoms with E-state index in [0.29, 0.717) is 0 Å². The molecule has 0 amide bonds. The molecule has 31 heavy (non-hydrogen) atoms. The van der Waals surface area contributed by atoms with Crippen LogP contribution in [0.4, 0.5) is 0 Å². The van der Waals surface area contributed by atoms with Crippen molar-refractivity contribution in [2.45, 2.75) is 169 Å². The number of imidazole rings is 1. The van der Waals surface area contributed by atoms with Gasteiger partial charge in [0.15, 0.2) is 0 Å². The van der Waals surface area contributed by atoms with Crippen LogP contribution in [0, 0.1) is 0 Å². The number of nitrogens with zero attached hydrogens (tertiary/aromatic N) is 2. The number of aryl methyl sites for hydroxylation is 2. The molecule has 0 radical (unpaired) electrons. The molecule has 0 aromatic carbocycles. The summed E-state index contributed by atoms with van der Waals surface area (Å²) in [6, 6.07) is 0. The highest BCUT2D eigenvalue weighted by Gasteiger charge is 2.14. The van der Waals surface area contributed by atoms with Crippen LogP contribution in [0.15, 0.2) is 12.4 Å². The Balaban J connectivity index is 1.91. The van der Waals surface area contributed by atoms with Crippen molar-refractivity contribution in [3.05, 3.63) is 18.2 Å². The van der Waals surface area contributed by atoms with E-state index in [9.17, 15) is 0 Å². The third-order valence-corrected chi connectivity index (χ3v) is 6.94. The lowest BCUT2D eigenvalue weighted by Gasteiger charge is -2.05. The fourth-order valence-corrected chi connectivity index (χ4v) is 4.82. The molecule has 0 aliphatic carbocycles. The average molecular weight is 434 g/mol. The predicted molar refractivity (Wildman–Crippen MR) is 138 cm³/mol. The molecule has 0 spiro atoms. The van der Waals surface area contributed by atoms with Crippen LogP contribution in [0.5, 0.6) is 0 Å². The van der Waals surface area contributed by atoms with Crippen LogP contribution in [0.1, 0.15) is 155 Å². The topological polar surface area (TPSA) is 8.81 Å². The van der Waals surface area contributed by atoms with Gasteiger partial charge in [0.05, 0.1) is 13.1 Å². The Labute approximate surface area is 196 Å². The van der Waals surface area contributed by atoms with Crippen molar-refractivity contribution in [1.29, 1.82) is 0 Å². The average Bonchev–Trinajstić information content (AvgIpc) is 3.17. The summed E-state index contributed by atoms with van der Waals surface area (Å²) >= 11 is 0. The van der Waals surface area contributed by atoms with E-state index in [1.807, 2.05) is 0 Å². The molecule has 0 bridgehead atoms. The van der Waals surface area contributed by atoms with Gasteiger partial charge in [-0.1, -0.05) is 123 Å². The molecule has 0 unspecified atom stereocenters. The Morgan fingerprint density at radius 3 is 1.42 bits per heavy atom. The van der Waals surface area contributed by atoms with Crippen molar-refractivity contribution < 1.29 is 4.57 Å². The minimum Gasteiger partial charge on any atom is -0.235 e. The number of hydrogen-bond donors (Lipinski definition) is 0. The molecule has 0 saturated heterocycles. The molecule has 0 atom stereocenters. The van der Waals surface area contributed by atoms with Crippen molar-refractivity contribution >= 4 is 0 Å². The molecule has 1 rings (SSSR count). The van der Waals surface area contributed by atoms with Crippen LogP contribution >= 0.6 is 0 Å². The normalized spacial score (nSPS) is 11.5. The molecule has 1 aromatic heterocycles. The van der Waals surface area contributed by atoms with Crippen LogP contribution in [0.2, 0.25) is 0 Å². The van der Waals surface area contributed by atoms with E-state index in [4.69, 9.17) is 0 Å². The summed E-state index contributed by atoms with van der Waals surface area (Å²) in [6.45, 7) is 9.19. The fourth-order valence-electron chi connectivity index (χ4n) is 4.82. The number of unbranched alkanes of at least 4 members (excludes halogenated alkanes) is 18. The second-order valence-electron chi connectivity index (χ2n) is 9.81. The summed E-state index contributed by atoms with van der Waals surface area (Å²) in [5, 5.41) is 0. The van der Waals surface area contributed by atoms with E-state index >= 15 is 0 Å². The molecule has 0 aliphatic rings. The van der Waals surface area contributed by atoms with Crippen molar-refractivity contribution in [3.8, 4) is 0 Å². The Morgan fingerprint density at radius 2 is 0.968 bits per heavy atom. The Bertz CT molecular complexity index is 491. The van der Waals surface area contributed by atoms with Gasteiger partial charge in [0.1, 0.15) is 12.4 Å². The van der Waals surface area contributed by atoms with Gasteiger partial charge in [0.2, 0.25) is 0 Å². The highest BCUT2D eigenvalue weighted by atomic mass is 15.1. The molecule has 1 heterocycles. The van der Waals surface area contributed by atoms with Crippen molar-refractivity contribution in [1.82, 2.24) is 4.57 Å². The molecule has 0 saturated carbocycles. The van der Waals surface area contributed by atoms with Gasteiger partial charge >= 0.3 is 0 Å². The molecule has 0 fully saturated rings. The first-order chi connectivity index (χ1) is 15.3. The van der Waals surface area contributed by atoms with Gasteiger partial charge in [0, 0.05) is 6.42 Å². The summed E-state index contributed by atoms with van der Waals surface area (Å²) in [7, 11) is 0. The molecular formula is C29H57N2+. The summed E-state index contributed by atoms with van der Waals surface area (Å²) in [5.74, 6) is 1.55. The molecule has 0 aliphatic heterocycles. The maximum Gasteiger partial charge on any atom is 0.256 e. The maximum atomic E-state index is 2.53. The smallest absolute Gasteiger partial charge is 0.235 e. The van der Waals surface area contributed by atoms with Gasteiger partial charge in [-0.25, -0.2) is 9.13 Å². The summed E-state index contributed by atoms with van der Waals surface area (Å²) in [6.07, 6.45) is 34.5. The molecule has 1 aromatic rings. The van der Waals surface area contributed by atoms with Crippen LogP contribution < -0.4 is 4.57 Å². The van der Waals surface area contributed by atoms with E-state index in [1.54, 1.807) is 5.82 Å². The zero-order valence-electron chi connectivity index (χ0n) is 21.8. The monoisotopic (exact) mass is 433 g/mol. The van der Waals surface area contributed by atoms with E-state index in [0.717, 1.165) is 6.54 Å². The summed E-state index contributed by atoms with van der Waals surface area (Å²) < 4.78 is 4.98. The predicted octanol–water partition coefficient (Wildman–Crippen LogP) is 9.18. The van der Waals surface area contributed by atoms with Crippen LogP contribution in [-0.4, -0.2) is 4.57 Å². The van der Waals surface area contributed by atoms with Crippen molar-refractivity contribution in [3.63, 3.8) is 0 Å². The minimum atomic E-state index is 1.10. The molecular weight excluding hydrogens is 376 g/mol. The Hall–Kier alpha value is -0.790. The van der Waals surface area contributed by atoms with Crippen molar-refractivity contribution in [2.24, 2.45) is 0 Å². The van der Waals surface area contributed by atoms with Crippen LogP contribution in [-0.2, 0) is 19.5 Å². The van der Waals surface area contributed by atoms with Crippen LogP contribution in [0.3, 0.4) is 0 Å². The number of rotatable bonds is 23. The van der Waals surface area contributed by atoms with Crippen molar-refractivity contribution in [2.75, 3.05) is 0 Å². The van der Waals surface area contributed by atoms with Crippen LogP contribution in [0.25, 0.3) is 0 Å². The lowest BCUT2D eigenvalue weighted by atomic mass is 10.0. The first-order valence-corrected chi connectivity index (χ1v) is 14.4. The fraction of sp³-hybridized carbons (Fsp3) is 0.897. The van der Waals surface area contributed by atoms with Gasteiger partial charge < -0.3 is 0 Å². The highest BCUT2D eigenvalue weighted by molar-refractivity contribution is 4.83. The maximum absolute atomic E-state index is 2.53. The number of hydrogen-bond acceptors (Lipinski definition) is 0. The SMILES string of the molecule is CCCCCCCCCCCCCCCCCCC[n+]1ccn(CC)c1CCCCC. The number of aromatic nitrogens is 2. The van der Waals surface area contributed by atoms with E-state index in [1.165, 1.54) is 141 Å². The minimum absolute atomic E-state index is 1.10. The van der Waals surface area contributed by atoms with E-state index < -0.39 is 0 Å². The quantitative estimate of drug-likeness (QED) is 0.120. The largest absolute Gasteiger partial charge is 0.256 e. The summed E-state index contributed by atoms with van der Waals surface area (Å²) in [5.41, 5.74) is 0. The van der Waals surface area contributed by atoms with Gasteiger partial charge in [-0.2, -0.15) is 0 Å². The van der Waals surface area contributed by atoms with Gasteiger partial charge in [-0.15, -0.1) is 0 Å². The lowest BCUT2D eigenvalue weighted by molar-refractivity contribution is -0.704. The molecule has 0 N–H and O–H groups in total. The highest BCUT2D eigenvalue weighted by Crippen LogP contribution is 2.14. The second kappa shape index (κ2) is 21.1. The zero-order valence-corrected chi connectivity index (χ0v) is 21.8. The van der Waals surface area contributed by atoms with Gasteiger partial charge in [0.25, 0.3) is 5.82 Å². The first kappa shape index (κ1) is 28.2. The van der Waals surface area contributed by atoms with Gasteiger partial charge in [-0.05, 0) is 26.2 Å². The Morgan fingerprint density at radius 1 is 0.548 bits per heavy atom.